The molecule has 1 aliphatic heterocycles. The maximum absolute atomic E-state index is 8.74. The smallest absolute Gasteiger partial charge is 0.0431 e. The van der Waals surface area contributed by atoms with Crippen molar-refractivity contribution in [3.8, 4) is 0 Å². The van der Waals surface area contributed by atoms with Crippen molar-refractivity contribution in [1.82, 2.24) is 4.90 Å². The molecule has 17 heavy (non-hydrogen) atoms. The van der Waals surface area contributed by atoms with Crippen LogP contribution < -0.4 is 0 Å². The quantitative estimate of drug-likeness (QED) is 0.816. The van der Waals surface area contributed by atoms with E-state index in [0.717, 1.165) is 43.9 Å². The molecule has 1 aromatic carbocycles. The minimum absolute atomic E-state index is 0.318. The SMILES string of the molecule is OCCCCCN1CCc2ccc(Cl)cc2C1. The molecule has 1 heterocycles. The molecule has 1 aromatic rings. The van der Waals surface area contributed by atoms with Gasteiger partial charge in [-0.15, -0.1) is 0 Å². The lowest BCUT2D eigenvalue weighted by Crippen LogP contribution is -2.31. The third-order valence-electron chi connectivity index (χ3n) is 3.39. The second kappa shape index (κ2) is 6.39. The van der Waals surface area contributed by atoms with Gasteiger partial charge >= 0.3 is 0 Å². The number of aliphatic hydroxyl groups excluding tert-OH is 1. The van der Waals surface area contributed by atoms with Crippen LogP contribution in [0.3, 0.4) is 0 Å². The fraction of sp³-hybridized carbons (Fsp3) is 0.571. The van der Waals surface area contributed by atoms with Crippen LogP contribution in [0.2, 0.25) is 5.02 Å². The number of hydrogen-bond donors (Lipinski definition) is 1. The Labute approximate surface area is 108 Å². The summed E-state index contributed by atoms with van der Waals surface area (Å²) >= 11 is 6.02. The Bertz CT molecular complexity index is 367. The third-order valence-corrected chi connectivity index (χ3v) is 3.63. The number of hydrogen-bond acceptors (Lipinski definition) is 2. The van der Waals surface area contributed by atoms with Crippen LogP contribution in [0.1, 0.15) is 30.4 Å². The molecule has 1 N–H and O–H groups in total. The van der Waals surface area contributed by atoms with E-state index in [9.17, 15) is 0 Å². The molecule has 0 spiro atoms. The monoisotopic (exact) mass is 253 g/mol. The zero-order valence-electron chi connectivity index (χ0n) is 10.2. The van der Waals surface area contributed by atoms with E-state index in [2.05, 4.69) is 17.0 Å². The standard InChI is InChI=1S/C14H20ClNO/c15-14-5-4-12-6-8-16(11-13(12)10-14)7-2-1-3-9-17/h4-5,10,17H,1-3,6-9,11H2. The minimum Gasteiger partial charge on any atom is -0.396 e. The first-order valence-corrected chi connectivity index (χ1v) is 6.78. The summed E-state index contributed by atoms with van der Waals surface area (Å²) in [5.41, 5.74) is 2.83. The molecule has 0 saturated carbocycles. The van der Waals surface area contributed by atoms with Gasteiger partial charge in [0.05, 0.1) is 0 Å². The van der Waals surface area contributed by atoms with Crippen LogP contribution in [-0.2, 0) is 13.0 Å². The van der Waals surface area contributed by atoms with Crippen LogP contribution >= 0.6 is 11.6 Å². The van der Waals surface area contributed by atoms with Crippen molar-refractivity contribution in [1.29, 1.82) is 0 Å². The fourth-order valence-corrected chi connectivity index (χ4v) is 2.59. The van der Waals surface area contributed by atoms with Crippen LogP contribution in [0.5, 0.6) is 0 Å². The van der Waals surface area contributed by atoms with Gasteiger partial charge in [0, 0.05) is 24.7 Å². The molecule has 0 atom stereocenters. The predicted molar refractivity (Wildman–Crippen MR) is 71.4 cm³/mol. The molecule has 0 aliphatic carbocycles. The molecule has 1 aliphatic rings. The van der Waals surface area contributed by atoms with E-state index in [1.807, 2.05) is 6.07 Å². The van der Waals surface area contributed by atoms with Gasteiger partial charge in [0.15, 0.2) is 0 Å². The van der Waals surface area contributed by atoms with E-state index in [1.54, 1.807) is 0 Å². The second-order valence-electron chi connectivity index (χ2n) is 4.72. The Morgan fingerprint density at radius 2 is 2.06 bits per heavy atom. The van der Waals surface area contributed by atoms with Crippen LogP contribution in [-0.4, -0.2) is 29.7 Å². The normalized spacial score (nSPS) is 15.9. The molecule has 0 bridgehead atoms. The van der Waals surface area contributed by atoms with Gasteiger partial charge in [0.2, 0.25) is 0 Å². The highest BCUT2D eigenvalue weighted by Crippen LogP contribution is 2.22. The third kappa shape index (κ3) is 3.70. The Morgan fingerprint density at radius 1 is 1.18 bits per heavy atom. The minimum atomic E-state index is 0.318. The van der Waals surface area contributed by atoms with Crippen molar-refractivity contribution in [2.75, 3.05) is 19.7 Å². The van der Waals surface area contributed by atoms with E-state index in [0.29, 0.717) is 6.61 Å². The van der Waals surface area contributed by atoms with Gasteiger partial charge in [-0.1, -0.05) is 17.7 Å². The predicted octanol–water partition coefficient (Wildman–Crippen LogP) is 2.86. The Hall–Kier alpha value is -0.570. The zero-order chi connectivity index (χ0) is 12.1. The number of fused-ring (bicyclic) bond motifs is 1. The first-order chi connectivity index (χ1) is 8.29. The molecule has 3 heteroatoms. The number of unbranched alkanes of at least 4 members (excludes halogenated alkanes) is 2. The molecule has 0 unspecified atom stereocenters. The summed E-state index contributed by atoms with van der Waals surface area (Å²) in [7, 11) is 0. The summed E-state index contributed by atoms with van der Waals surface area (Å²) in [5.74, 6) is 0. The first kappa shape index (κ1) is 12.9. The van der Waals surface area contributed by atoms with Crippen LogP contribution in [0, 0.1) is 0 Å². The zero-order valence-corrected chi connectivity index (χ0v) is 10.9. The van der Waals surface area contributed by atoms with Gasteiger partial charge in [0.1, 0.15) is 0 Å². The summed E-state index contributed by atoms with van der Waals surface area (Å²) < 4.78 is 0. The first-order valence-electron chi connectivity index (χ1n) is 6.40. The summed E-state index contributed by atoms with van der Waals surface area (Å²) in [5, 5.41) is 9.57. The highest BCUT2D eigenvalue weighted by atomic mass is 35.5. The highest BCUT2D eigenvalue weighted by Gasteiger charge is 2.15. The number of halogens is 1. The van der Waals surface area contributed by atoms with E-state index in [-0.39, 0.29) is 0 Å². The highest BCUT2D eigenvalue weighted by molar-refractivity contribution is 6.30. The van der Waals surface area contributed by atoms with Gasteiger partial charge in [-0.05, 0) is 55.5 Å². The summed E-state index contributed by atoms with van der Waals surface area (Å²) in [6.45, 7) is 3.62. The lowest BCUT2D eigenvalue weighted by molar-refractivity contribution is 0.239. The van der Waals surface area contributed by atoms with Crippen LogP contribution in [0.4, 0.5) is 0 Å². The Kier molecular flexibility index (Phi) is 4.84. The summed E-state index contributed by atoms with van der Waals surface area (Å²) in [6, 6.07) is 6.23. The lowest BCUT2D eigenvalue weighted by Gasteiger charge is -2.28. The van der Waals surface area contributed by atoms with Gasteiger partial charge < -0.3 is 5.11 Å². The van der Waals surface area contributed by atoms with Gasteiger partial charge in [-0.2, -0.15) is 0 Å². The topological polar surface area (TPSA) is 23.5 Å². The van der Waals surface area contributed by atoms with Crippen molar-refractivity contribution >= 4 is 11.6 Å². The lowest BCUT2D eigenvalue weighted by atomic mass is 9.99. The van der Waals surface area contributed by atoms with Crippen molar-refractivity contribution in [3.05, 3.63) is 34.3 Å². The number of benzene rings is 1. The molecular formula is C14H20ClNO. The molecule has 0 amide bonds. The number of aliphatic hydroxyl groups is 1. The van der Waals surface area contributed by atoms with Crippen molar-refractivity contribution in [2.45, 2.75) is 32.2 Å². The van der Waals surface area contributed by atoms with E-state index in [1.165, 1.54) is 17.5 Å². The second-order valence-corrected chi connectivity index (χ2v) is 5.16. The summed E-state index contributed by atoms with van der Waals surface area (Å²) in [4.78, 5) is 2.48. The van der Waals surface area contributed by atoms with Crippen LogP contribution in [0.25, 0.3) is 0 Å². The molecule has 0 aromatic heterocycles. The molecule has 2 nitrogen and oxygen atoms in total. The molecule has 0 saturated heterocycles. The largest absolute Gasteiger partial charge is 0.396 e. The van der Waals surface area contributed by atoms with Gasteiger partial charge in [-0.3, -0.25) is 4.90 Å². The van der Waals surface area contributed by atoms with E-state index in [4.69, 9.17) is 16.7 Å². The molecule has 94 valence electrons. The van der Waals surface area contributed by atoms with Gasteiger partial charge in [-0.25, -0.2) is 0 Å². The van der Waals surface area contributed by atoms with Gasteiger partial charge in [0.25, 0.3) is 0 Å². The number of rotatable bonds is 5. The Morgan fingerprint density at radius 3 is 2.88 bits per heavy atom. The summed E-state index contributed by atoms with van der Waals surface area (Å²) in [6.07, 6.45) is 4.36. The molecule has 0 radical (unpaired) electrons. The Balaban J connectivity index is 1.85. The maximum Gasteiger partial charge on any atom is 0.0431 e. The molecule has 2 rings (SSSR count). The van der Waals surface area contributed by atoms with Crippen LogP contribution in [0.15, 0.2) is 18.2 Å². The average molecular weight is 254 g/mol. The number of nitrogens with zero attached hydrogens (tertiary/aromatic N) is 1. The average Bonchev–Trinajstić information content (AvgIpc) is 2.34. The molecule has 0 fully saturated rings. The molecular weight excluding hydrogens is 234 g/mol. The maximum atomic E-state index is 8.74. The van der Waals surface area contributed by atoms with Crippen molar-refractivity contribution in [2.24, 2.45) is 0 Å². The van der Waals surface area contributed by atoms with Crippen molar-refractivity contribution in [3.63, 3.8) is 0 Å². The van der Waals surface area contributed by atoms with E-state index < -0.39 is 0 Å². The fourth-order valence-electron chi connectivity index (χ4n) is 2.40. The van der Waals surface area contributed by atoms with E-state index >= 15 is 0 Å². The van der Waals surface area contributed by atoms with Crippen molar-refractivity contribution < 1.29 is 5.11 Å².